The smallest absolute Gasteiger partial charge is 0.242 e. The average Bonchev–Trinajstić information content (AvgIpc) is 2.90. The van der Waals surface area contributed by atoms with Crippen molar-refractivity contribution in [3.8, 4) is 0 Å². The van der Waals surface area contributed by atoms with E-state index in [2.05, 4.69) is 10.3 Å². The summed E-state index contributed by atoms with van der Waals surface area (Å²) in [7, 11) is 1.88. The van der Waals surface area contributed by atoms with Gasteiger partial charge in [0, 0.05) is 25.5 Å². The van der Waals surface area contributed by atoms with Crippen molar-refractivity contribution >= 4 is 5.91 Å². The normalized spacial score (nSPS) is 15.7. The van der Waals surface area contributed by atoms with Gasteiger partial charge in [-0.15, -0.1) is 0 Å². The molecule has 1 amide bonds. The van der Waals surface area contributed by atoms with Crippen molar-refractivity contribution in [2.45, 2.75) is 25.9 Å². The van der Waals surface area contributed by atoms with E-state index < -0.39 is 0 Å². The van der Waals surface area contributed by atoms with Gasteiger partial charge in [0.25, 0.3) is 0 Å². The Morgan fingerprint density at radius 3 is 2.94 bits per heavy atom. The van der Waals surface area contributed by atoms with Crippen LogP contribution >= 0.6 is 0 Å². The molecule has 0 unspecified atom stereocenters. The van der Waals surface area contributed by atoms with Crippen LogP contribution in [0.2, 0.25) is 0 Å². The van der Waals surface area contributed by atoms with Crippen LogP contribution in [0.5, 0.6) is 0 Å². The van der Waals surface area contributed by atoms with Crippen LogP contribution in [0.4, 0.5) is 0 Å². The highest BCUT2D eigenvalue weighted by Crippen LogP contribution is 2.09. The molecular formula is C11H18N4O. The van der Waals surface area contributed by atoms with Gasteiger partial charge in [0.15, 0.2) is 0 Å². The Kier molecular flexibility index (Phi) is 3.56. The van der Waals surface area contributed by atoms with E-state index in [-0.39, 0.29) is 5.91 Å². The molecule has 0 bridgehead atoms. The third-order valence-electron chi connectivity index (χ3n) is 2.90. The van der Waals surface area contributed by atoms with Crippen LogP contribution in [0.1, 0.15) is 18.7 Å². The number of likely N-dealkylation sites (tertiary alicyclic amines) is 1. The molecule has 1 aliphatic rings. The third kappa shape index (κ3) is 2.41. The number of carbonyl (C=O) groups is 1. The molecule has 0 saturated carbocycles. The Morgan fingerprint density at radius 1 is 1.50 bits per heavy atom. The van der Waals surface area contributed by atoms with Crippen molar-refractivity contribution in [1.82, 2.24) is 19.8 Å². The minimum Gasteiger partial charge on any atom is -0.341 e. The molecule has 5 heteroatoms. The van der Waals surface area contributed by atoms with Crippen molar-refractivity contribution in [1.29, 1.82) is 0 Å². The monoisotopic (exact) mass is 222 g/mol. The summed E-state index contributed by atoms with van der Waals surface area (Å²) < 4.78 is 1.91. The number of carbonyl (C=O) groups excluding carboxylic acids is 1. The molecule has 1 aromatic rings. The second-order valence-electron chi connectivity index (χ2n) is 4.09. The zero-order chi connectivity index (χ0) is 11.4. The molecule has 1 fully saturated rings. The molecule has 1 aliphatic heterocycles. The topological polar surface area (TPSA) is 50.2 Å². The van der Waals surface area contributed by atoms with Crippen molar-refractivity contribution in [2.24, 2.45) is 0 Å². The number of nitrogens with one attached hydrogen (secondary N) is 1. The van der Waals surface area contributed by atoms with Crippen LogP contribution < -0.4 is 5.32 Å². The summed E-state index contributed by atoms with van der Waals surface area (Å²) in [5.41, 5.74) is 0. The largest absolute Gasteiger partial charge is 0.341 e. The first kappa shape index (κ1) is 11.1. The molecule has 2 rings (SSSR count). The molecule has 0 atom stereocenters. The lowest BCUT2D eigenvalue weighted by atomic mass is 10.4. The lowest BCUT2D eigenvalue weighted by Crippen LogP contribution is -2.31. The molecule has 2 heterocycles. The van der Waals surface area contributed by atoms with Crippen LogP contribution in [0.15, 0.2) is 12.4 Å². The zero-order valence-electron chi connectivity index (χ0n) is 9.65. The Bertz CT molecular complexity index is 355. The molecule has 1 aromatic heterocycles. The molecule has 1 saturated heterocycles. The minimum atomic E-state index is 0.202. The number of aromatic nitrogens is 2. The highest BCUT2D eigenvalue weighted by molar-refractivity contribution is 5.76. The predicted molar refractivity (Wildman–Crippen MR) is 60.8 cm³/mol. The summed E-state index contributed by atoms with van der Waals surface area (Å²) >= 11 is 0. The lowest BCUT2D eigenvalue weighted by Gasteiger charge is -2.16. The first-order valence-corrected chi connectivity index (χ1v) is 5.73. The van der Waals surface area contributed by atoms with Gasteiger partial charge in [0.1, 0.15) is 12.4 Å². The Labute approximate surface area is 95.5 Å². The molecule has 0 spiro atoms. The number of imidazole rings is 1. The summed E-state index contributed by atoms with van der Waals surface area (Å²) in [6, 6.07) is 0. The number of nitrogens with zero attached hydrogens (tertiary/aromatic N) is 3. The predicted octanol–water partition coefficient (Wildman–Crippen LogP) is 0.225. The van der Waals surface area contributed by atoms with E-state index in [1.165, 1.54) is 0 Å². The summed E-state index contributed by atoms with van der Waals surface area (Å²) in [6.07, 6.45) is 5.88. The third-order valence-corrected chi connectivity index (χ3v) is 2.90. The van der Waals surface area contributed by atoms with Crippen molar-refractivity contribution in [3.05, 3.63) is 18.2 Å². The second-order valence-corrected chi connectivity index (χ2v) is 4.09. The highest BCUT2D eigenvalue weighted by Gasteiger charge is 2.18. The molecule has 1 N–H and O–H groups in total. The zero-order valence-corrected chi connectivity index (χ0v) is 9.65. The fraction of sp³-hybridized carbons (Fsp3) is 0.636. The molecule has 0 radical (unpaired) electrons. The van der Waals surface area contributed by atoms with Gasteiger partial charge in [-0.1, -0.05) is 0 Å². The van der Waals surface area contributed by atoms with Gasteiger partial charge in [0.2, 0.25) is 5.91 Å². The molecular weight excluding hydrogens is 204 g/mol. The SMILES string of the molecule is CNCc1nccn1CC(=O)N1CCCC1. The van der Waals surface area contributed by atoms with Gasteiger partial charge in [-0.3, -0.25) is 4.79 Å². The Hall–Kier alpha value is -1.36. The van der Waals surface area contributed by atoms with Crippen LogP contribution in [-0.4, -0.2) is 40.5 Å². The fourth-order valence-electron chi connectivity index (χ4n) is 2.02. The van der Waals surface area contributed by atoms with E-state index in [9.17, 15) is 4.79 Å². The van der Waals surface area contributed by atoms with E-state index in [0.29, 0.717) is 13.1 Å². The van der Waals surface area contributed by atoms with Crippen LogP contribution in [0.3, 0.4) is 0 Å². The van der Waals surface area contributed by atoms with E-state index in [4.69, 9.17) is 0 Å². The van der Waals surface area contributed by atoms with Gasteiger partial charge < -0.3 is 14.8 Å². The first-order chi connectivity index (χ1) is 7.81. The van der Waals surface area contributed by atoms with Gasteiger partial charge in [-0.2, -0.15) is 0 Å². The van der Waals surface area contributed by atoms with Crippen molar-refractivity contribution in [3.63, 3.8) is 0 Å². The number of hydrogen-bond acceptors (Lipinski definition) is 3. The molecule has 16 heavy (non-hydrogen) atoms. The summed E-state index contributed by atoms with van der Waals surface area (Å²) in [4.78, 5) is 18.1. The number of hydrogen-bond donors (Lipinski definition) is 1. The van der Waals surface area contributed by atoms with Gasteiger partial charge in [-0.05, 0) is 19.9 Å². The van der Waals surface area contributed by atoms with Crippen LogP contribution in [0, 0.1) is 0 Å². The quantitative estimate of drug-likeness (QED) is 0.793. The minimum absolute atomic E-state index is 0.202. The Balaban J connectivity index is 1.96. The van der Waals surface area contributed by atoms with Gasteiger partial charge in [0.05, 0.1) is 6.54 Å². The standard InChI is InChI=1S/C11H18N4O/c1-12-8-10-13-4-7-15(10)9-11(16)14-5-2-3-6-14/h4,7,12H,2-3,5-6,8-9H2,1H3. The lowest BCUT2D eigenvalue weighted by molar-refractivity contribution is -0.130. The first-order valence-electron chi connectivity index (χ1n) is 5.73. The van der Waals surface area contributed by atoms with Gasteiger partial charge in [-0.25, -0.2) is 4.98 Å². The van der Waals surface area contributed by atoms with E-state index in [0.717, 1.165) is 31.8 Å². The molecule has 5 nitrogen and oxygen atoms in total. The maximum atomic E-state index is 11.9. The van der Waals surface area contributed by atoms with E-state index in [1.807, 2.05) is 22.7 Å². The number of amides is 1. The van der Waals surface area contributed by atoms with Crippen molar-refractivity contribution in [2.75, 3.05) is 20.1 Å². The molecule has 88 valence electrons. The van der Waals surface area contributed by atoms with Crippen LogP contribution in [0.25, 0.3) is 0 Å². The molecule has 0 aliphatic carbocycles. The Morgan fingerprint density at radius 2 is 2.25 bits per heavy atom. The fourth-order valence-corrected chi connectivity index (χ4v) is 2.02. The maximum Gasteiger partial charge on any atom is 0.242 e. The molecule has 0 aromatic carbocycles. The highest BCUT2D eigenvalue weighted by atomic mass is 16.2. The summed E-state index contributed by atoms with van der Waals surface area (Å²) in [6.45, 7) is 2.93. The summed E-state index contributed by atoms with van der Waals surface area (Å²) in [5, 5.41) is 3.05. The van der Waals surface area contributed by atoms with Crippen molar-refractivity contribution < 1.29 is 4.79 Å². The number of rotatable bonds is 4. The van der Waals surface area contributed by atoms with E-state index >= 15 is 0 Å². The van der Waals surface area contributed by atoms with Crippen LogP contribution in [-0.2, 0) is 17.9 Å². The van der Waals surface area contributed by atoms with Gasteiger partial charge >= 0.3 is 0 Å². The second kappa shape index (κ2) is 5.12. The van der Waals surface area contributed by atoms with E-state index in [1.54, 1.807) is 6.20 Å². The maximum absolute atomic E-state index is 11.9. The average molecular weight is 222 g/mol. The summed E-state index contributed by atoms with van der Waals surface area (Å²) in [5.74, 6) is 1.11.